The largest absolute Gasteiger partial charge is 0.480 e. The highest BCUT2D eigenvalue weighted by Crippen LogP contribution is 2.30. The predicted octanol–water partition coefficient (Wildman–Crippen LogP) is 5.68. The molecule has 0 unspecified atom stereocenters. The maximum absolute atomic E-state index is 13.4. The van der Waals surface area contributed by atoms with Crippen molar-refractivity contribution < 1.29 is 27.9 Å². The number of aliphatic carboxylic acids is 1. The highest BCUT2D eigenvalue weighted by atomic mass is 32.2. The first kappa shape index (κ1) is 27.3. The van der Waals surface area contributed by atoms with Gasteiger partial charge in [-0.05, 0) is 52.9 Å². The second-order valence-electron chi connectivity index (χ2n) is 9.30. The first-order valence-corrected chi connectivity index (χ1v) is 14.2. The Labute approximate surface area is 223 Å². The highest BCUT2D eigenvalue weighted by Gasteiger charge is 2.39. The number of sulfonamides is 1. The number of hydrogen-bond acceptors (Lipinski definition) is 5. The van der Waals surface area contributed by atoms with Gasteiger partial charge in [0.05, 0.1) is 11.5 Å². The van der Waals surface area contributed by atoms with Crippen molar-refractivity contribution in [3.63, 3.8) is 0 Å². The van der Waals surface area contributed by atoms with Gasteiger partial charge in [0.1, 0.15) is 6.04 Å². The molecular formula is C29H32N2O6S. The van der Waals surface area contributed by atoms with E-state index in [0.29, 0.717) is 12.3 Å². The Morgan fingerprint density at radius 1 is 0.921 bits per heavy atom. The second-order valence-corrected chi connectivity index (χ2v) is 11.2. The molecule has 0 saturated carbocycles. The Bertz CT molecular complexity index is 1370. The summed E-state index contributed by atoms with van der Waals surface area (Å²) in [6, 6.07) is 19.6. The first-order valence-electron chi connectivity index (χ1n) is 12.8. The van der Waals surface area contributed by atoms with Crippen molar-refractivity contribution in [2.45, 2.75) is 56.5 Å². The van der Waals surface area contributed by atoms with Crippen LogP contribution in [0.4, 0.5) is 10.5 Å². The van der Waals surface area contributed by atoms with Crippen molar-refractivity contribution >= 4 is 27.8 Å². The number of unbranched alkanes of at least 4 members (excludes halogenated alkanes) is 3. The molecule has 200 valence electrons. The Kier molecular flexibility index (Phi) is 8.81. The summed E-state index contributed by atoms with van der Waals surface area (Å²) in [4.78, 5) is 23.9. The molecule has 0 aliphatic carbocycles. The number of hydrogen-bond donors (Lipinski definition) is 2. The predicted molar refractivity (Wildman–Crippen MR) is 145 cm³/mol. The number of nitrogens with one attached hydrogen (secondary N) is 1. The summed E-state index contributed by atoms with van der Waals surface area (Å²) in [6.07, 6.45) is 3.74. The molecule has 9 heteroatoms. The van der Waals surface area contributed by atoms with Gasteiger partial charge >= 0.3 is 12.1 Å². The molecule has 0 spiro atoms. The van der Waals surface area contributed by atoms with E-state index >= 15 is 0 Å². The van der Waals surface area contributed by atoms with Crippen LogP contribution in [0.1, 0.15) is 43.7 Å². The SMILES string of the molecule is CCCCCCOC(=O)Nc1ccc(-c2ccc(S(=O)(=O)N3Cc4ccccc4C[C@@H]3C(=O)O)cc2)cc1. The van der Waals surface area contributed by atoms with Crippen LogP contribution in [0.2, 0.25) is 0 Å². The van der Waals surface area contributed by atoms with Crippen LogP contribution in [0.25, 0.3) is 11.1 Å². The minimum Gasteiger partial charge on any atom is -0.480 e. The van der Waals surface area contributed by atoms with Crippen molar-refractivity contribution in [3.05, 3.63) is 83.9 Å². The third-order valence-electron chi connectivity index (χ3n) is 6.65. The van der Waals surface area contributed by atoms with Gasteiger partial charge in [-0.3, -0.25) is 10.1 Å². The van der Waals surface area contributed by atoms with Gasteiger partial charge in [0.2, 0.25) is 10.0 Å². The van der Waals surface area contributed by atoms with Gasteiger partial charge in [-0.15, -0.1) is 0 Å². The van der Waals surface area contributed by atoms with Crippen molar-refractivity contribution in [2.24, 2.45) is 0 Å². The Morgan fingerprint density at radius 2 is 1.55 bits per heavy atom. The van der Waals surface area contributed by atoms with E-state index in [2.05, 4.69) is 12.2 Å². The first-order chi connectivity index (χ1) is 18.3. The molecule has 0 fully saturated rings. The lowest BCUT2D eigenvalue weighted by Gasteiger charge is -2.33. The molecule has 0 radical (unpaired) electrons. The lowest BCUT2D eigenvalue weighted by atomic mass is 9.96. The number of carbonyl (C=O) groups excluding carboxylic acids is 1. The van der Waals surface area contributed by atoms with Crippen LogP contribution in [0.15, 0.2) is 77.7 Å². The summed E-state index contributed by atoms with van der Waals surface area (Å²) in [5.41, 5.74) is 3.87. The van der Waals surface area contributed by atoms with Crippen molar-refractivity contribution in [3.8, 4) is 11.1 Å². The monoisotopic (exact) mass is 536 g/mol. The molecule has 1 aliphatic heterocycles. The summed E-state index contributed by atoms with van der Waals surface area (Å²) in [7, 11) is -4.04. The lowest BCUT2D eigenvalue weighted by Crippen LogP contribution is -2.48. The molecule has 1 atom stereocenters. The fourth-order valence-electron chi connectivity index (χ4n) is 4.51. The molecule has 0 aromatic heterocycles. The molecule has 2 N–H and O–H groups in total. The molecule has 38 heavy (non-hydrogen) atoms. The molecule has 1 aliphatic rings. The number of carboxylic acids is 1. The average molecular weight is 537 g/mol. The van der Waals surface area contributed by atoms with Crippen molar-refractivity contribution in [1.82, 2.24) is 4.31 Å². The van der Waals surface area contributed by atoms with E-state index in [1.54, 1.807) is 24.3 Å². The van der Waals surface area contributed by atoms with Gasteiger partial charge in [0.25, 0.3) is 0 Å². The number of anilines is 1. The minimum absolute atomic E-state index is 0.00681. The Hall–Kier alpha value is -3.69. The Morgan fingerprint density at radius 3 is 2.18 bits per heavy atom. The zero-order valence-corrected chi connectivity index (χ0v) is 22.1. The number of rotatable bonds is 10. The normalized spacial score (nSPS) is 15.4. The molecule has 0 saturated heterocycles. The van der Waals surface area contributed by atoms with E-state index in [1.807, 2.05) is 36.4 Å². The number of benzene rings is 3. The summed E-state index contributed by atoms with van der Waals surface area (Å²) in [5.74, 6) is -1.17. The minimum atomic E-state index is -4.04. The Balaban J connectivity index is 1.43. The van der Waals surface area contributed by atoms with Crippen LogP contribution < -0.4 is 5.32 Å². The molecular weight excluding hydrogens is 504 g/mol. The molecule has 8 nitrogen and oxygen atoms in total. The van der Waals surface area contributed by atoms with E-state index in [4.69, 9.17) is 4.74 Å². The van der Waals surface area contributed by atoms with E-state index in [-0.39, 0.29) is 17.9 Å². The van der Waals surface area contributed by atoms with E-state index < -0.39 is 28.1 Å². The van der Waals surface area contributed by atoms with Crippen LogP contribution in [0.3, 0.4) is 0 Å². The van der Waals surface area contributed by atoms with Crippen LogP contribution in [-0.4, -0.2) is 42.5 Å². The van der Waals surface area contributed by atoms with Gasteiger partial charge < -0.3 is 9.84 Å². The molecule has 1 amide bonds. The summed E-state index contributed by atoms with van der Waals surface area (Å²) < 4.78 is 33.2. The van der Waals surface area contributed by atoms with Crippen LogP contribution in [0, 0.1) is 0 Å². The fourth-order valence-corrected chi connectivity index (χ4v) is 6.07. The molecule has 3 aromatic carbocycles. The number of amides is 1. The molecule has 1 heterocycles. The fraction of sp³-hybridized carbons (Fsp3) is 0.310. The number of ether oxygens (including phenoxy) is 1. The smallest absolute Gasteiger partial charge is 0.411 e. The third-order valence-corrected chi connectivity index (χ3v) is 8.52. The van der Waals surface area contributed by atoms with Crippen molar-refractivity contribution in [1.29, 1.82) is 0 Å². The number of fused-ring (bicyclic) bond motifs is 1. The third kappa shape index (κ3) is 6.41. The quantitative estimate of drug-likeness (QED) is 0.322. The van der Waals surface area contributed by atoms with E-state index in [9.17, 15) is 23.1 Å². The molecule has 4 rings (SSSR count). The van der Waals surface area contributed by atoms with Gasteiger partial charge in [0, 0.05) is 18.7 Å². The standard InChI is InChI=1S/C29H32N2O6S/c1-2-3-4-7-18-37-29(34)30-25-14-10-21(11-15-25)22-12-16-26(17-13-22)38(35,36)31-20-24-9-6-5-8-23(24)19-27(31)28(32)33/h5-6,8-17,27H,2-4,7,18-20H2,1H3,(H,30,34)(H,32,33)/t27-/m1/s1. The zero-order valence-electron chi connectivity index (χ0n) is 21.3. The summed E-state index contributed by atoms with van der Waals surface area (Å²) >= 11 is 0. The van der Waals surface area contributed by atoms with Crippen LogP contribution in [-0.2, 0) is 32.5 Å². The number of carbonyl (C=O) groups is 2. The molecule has 0 bridgehead atoms. The highest BCUT2D eigenvalue weighted by molar-refractivity contribution is 7.89. The topological polar surface area (TPSA) is 113 Å². The number of carboxylic acid groups (broad SMARTS) is 1. The summed E-state index contributed by atoms with van der Waals surface area (Å²) in [6.45, 7) is 2.52. The maximum Gasteiger partial charge on any atom is 0.411 e. The maximum atomic E-state index is 13.4. The van der Waals surface area contributed by atoms with E-state index in [0.717, 1.165) is 52.2 Å². The van der Waals surface area contributed by atoms with Crippen LogP contribution >= 0.6 is 0 Å². The molecule has 3 aromatic rings. The van der Waals surface area contributed by atoms with Crippen molar-refractivity contribution in [2.75, 3.05) is 11.9 Å². The average Bonchev–Trinajstić information content (AvgIpc) is 2.92. The number of nitrogens with zero attached hydrogens (tertiary/aromatic N) is 1. The van der Waals surface area contributed by atoms with E-state index in [1.165, 1.54) is 12.1 Å². The van der Waals surface area contributed by atoms with Gasteiger partial charge in [-0.25, -0.2) is 13.2 Å². The second kappa shape index (κ2) is 12.2. The van der Waals surface area contributed by atoms with Crippen LogP contribution in [0.5, 0.6) is 0 Å². The van der Waals surface area contributed by atoms with Gasteiger partial charge in [-0.2, -0.15) is 4.31 Å². The van der Waals surface area contributed by atoms with Gasteiger partial charge in [0.15, 0.2) is 0 Å². The lowest BCUT2D eigenvalue weighted by molar-refractivity contribution is -0.141. The van der Waals surface area contributed by atoms with Gasteiger partial charge in [-0.1, -0.05) is 74.7 Å². The zero-order chi connectivity index (χ0) is 27.1. The summed E-state index contributed by atoms with van der Waals surface area (Å²) in [5, 5.41) is 12.5.